The quantitative estimate of drug-likeness (QED) is 0.123. The Morgan fingerprint density at radius 2 is 1.52 bits per heavy atom. The number of nitrogens with zero attached hydrogens (tertiary/aromatic N) is 4. The zero-order chi connectivity index (χ0) is 45.3. The Kier molecular flexibility index (Phi) is 10.7. The molecule has 0 atom stereocenters. The number of halogens is 1. The van der Waals surface area contributed by atoms with Crippen LogP contribution in [0.1, 0.15) is 19.6 Å². The molecule has 1 radical (unpaired) electrons. The summed E-state index contributed by atoms with van der Waals surface area (Å²) in [6.07, 6.45) is 0.341. The molecule has 5 heterocycles. The van der Waals surface area contributed by atoms with Crippen LogP contribution in [-0.4, -0.2) is 32.8 Å². The minimum atomic E-state index is -2.30. The molecule has 0 unspecified atom stereocenters. The number of para-hydroxylation sites is 2. The number of hydrogen-bond donors (Lipinski definition) is 0. The third-order valence-electron chi connectivity index (χ3n) is 11.6. The Hall–Kier alpha value is -6.29. The summed E-state index contributed by atoms with van der Waals surface area (Å²) in [4.78, 5) is 15.3. The molecule has 12 rings (SSSR count). The Bertz CT molecular complexity index is 3830. The zero-order valence-electron chi connectivity index (χ0n) is 37.9. The Balaban J connectivity index is 0.000000175. The van der Waals surface area contributed by atoms with Gasteiger partial charge >= 0.3 is 144 Å². The number of fused-ring (bicyclic) bond motifs is 8. The third kappa shape index (κ3) is 7.89. The monoisotopic (exact) mass is 1110 g/mol. The largest absolute Gasteiger partial charge is 0 e. The van der Waals surface area contributed by atoms with Crippen molar-refractivity contribution < 1.29 is 31.7 Å². The van der Waals surface area contributed by atoms with E-state index in [2.05, 4.69) is 81.4 Å². The number of pyridine rings is 2. The first-order valence-electron chi connectivity index (χ1n) is 22.2. The Morgan fingerprint density at radius 1 is 0.769 bits per heavy atom. The standard InChI is InChI=1S/C35H19FN3OS.C21H22GeN.Ir/c1-19-13-14-24-31-26(36)16-15-25(33(31)41-35(24)37-19)34-38-27-17-20-7-2-3-8-21(20)18-29(27)39(34)28-11-6-10-23-22-9-4-5-12-30(22)40-32(23)28;1-22(2,3)20-16-23-21(18-12-8-5-9-13-18)15-19(20)14-17-10-6-4-7-11-17;/h2-14,16-18H,1H3;4-12,15-16H,14H2,1-3H3;/q2*-1;/i;14D2;. The second-order valence-corrected chi connectivity index (χ2v) is 28.5. The molecule has 0 saturated heterocycles. The van der Waals surface area contributed by atoms with Gasteiger partial charge in [0.25, 0.3) is 0 Å². The number of hydrogen-bond acceptors (Lipinski definition) is 5. The summed E-state index contributed by atoms with van der Waals surface area (Å²) >= 11 is -0.824. The molecule has 0 aliphatic rings. The fourth-order valence-corrected chi connectivity index (χ4v) is 12.7. The smallest absolute Gasteiger partial charge is 0 e. The van der Waals surface area contributed by atoms with Crippen LogP contribution in [0.3, 0.4) is 0 Å². The number of thiophene rings is 1. The summed E-state index contributed by atoms with van der Waals surface area (Å²) in [6.45, 7) is 1.95. The Labute approximate surface area is 399 Å². The van der Waals surface area contributed by atoms with Crippen molar-refractivity contribution in [3.05, 3.63) is 199 Å². The van der Waals surface area contributed by atoms with Crippen LogP contribution in [0.4, 0.5) is 4.39 Å². The molecule has 0 aliphatic carbocycles. The van der Waals surface area contributed by atoms with Gasteiger partial charge < -0.3 is 8.98 Å². The van der Waals surface area contributed by atoms with Crippen molar-refractivity contribution >= 4 is 93.0 Å². The van der Waals surface area contributed by atoms with E-state index in [1.807, 2.05) is 122 Å². The van der Waals surface area contributed by atoms with E-state index in [9.17, 15) is 0 Å². The van der Waals surface area contributed by atoms with E-state index in [0.717, 1.165) is 96.8 Å². The number of furan rings is 1. The number of rotatable bonds is 6. The number of aryl methyl sites for hydroxylation is 1. The number of aromatic nitrogens is 4. The van der Waals surface area contributed by atoms with Crippen LogP contribution >= 0.6 is 11.3 Å². The van der Waals surface area contributed by atoms with Gasteiger partial charge in [0.05, 0.1) is 22.5 Å². The summed E-state index contributed by atoms with van der Waals surface area (Å²) in [6, 6.07) is 57.6. The average molecular weight is 1100 g/mol. The van der Waals surface area contributed by atoms with Gasteiger partial charge in [-0.25, -0.2) is 4.98 Å². The maximum atomic E-state index is 15.4. The minimum absolute atomic E-state index is 0. The molecule has 12 aromatic rings. The summed E-state index contributed by atoms with van der Waals surface area (Å²) < 4.78 is 43.6. The first-order valence-corrected chi connectivity index (χ1v) is 29.4. The molecular formula is C56H41FGeIrN4OS-2. The average Bonchev–Trinajstić information content (AvgIpc) is 4.03. The van der Waals surface area contributed by atoms with E-state index in [0.29, 0.717) is 16.8 Å². The van der Waals surface area contributed by atoms with Gasteiger partial charge in [-0.05, 0) is 58.1 Å². The molecule has 0 saturated carbocycles. The van der Waals surface area contributed by atoms with Crippen LogP contribution in [0.15, 0.2) is 168 Å². The molecule has 0 amide bonds. The molecule has 9 heteroatoms. The molecule has 319 valence electrons. The SMILES string of the molecule is Cc1ccc2c(n1)sc1c(-c3nc4cc5ccccc5cc4n3-c3cccc4c3oc3ccccc34)[c-]cc(F)c12.[2H]C([2H])(c1ccccc1)c1cc(-c2[c-]cccc2)nc[c]1[Ge]([CH3])([CH3])[CH3].[Ir]. The topological polar surface area (TPSA) is 56.7 Å². The Morgan fingerprint density at radius 3 is 2.32 bits per heavy atom. The van der Waals surface area contributed by atoms with Crippen molar-refractivity contribution in [2.24, 2.45) is 0 Å². The van der Waals surface area contributed by atoms with Crippen molar-refractivity contribution in [3.63, 3.8) is 0 Å². The zero-order valence-corrected chi connectivity index (χ0v) is 41.2. The summed E-state index contributed by atoms with van der Waals surface area (Å²) in [5, 5.41) is 5.66. The minimum Gasteiger partial charge on any atom is 0 e. The van der Waals surface area contributed by atoms with Gasteiger partial charge in [0, 0.05) is 47.8 Å². The van der Waals surface area contributed by atoms with Gasteiger partial charge in [-0.2, -0.15) is 11.3 Å². The predicted octanol–water partition coefficient (Wildman–Crippen LogP) is 14.4. The van der Waals surface area contributed by atoms with Crippen LogP contribution in [0, 0.1) is 24.9 Å². The van der Waals surface area contributed by atoms with Crippen LogP contribution in [0.5, 0.6) is 0 Å². The summed E-state index contributed by atoms with van der Waals surface area (Å²) in [5.74, 6) is 7.19. The van der Waals surface area contributed by atoms with E-state index in [1.54, 1.807) is 0 Å². The second kappa shape index (κ2) is 17.3. The molecule has 0 N–H and O–H groups in total. The van der Waals surface area contributed by atoms with Crippen molar-refractivity contribution in [1.29, 1.82) is 0 Å². The van der Waals surface area contributed by atoms with E-state index < -0.39 is 19.6 Å². The molecule has 65 heavy (non-hydrogen) atoms. The van der Waals surface area contributed by atoms with Crippen molar-refractivity contribution in [2.45, 2.75) is 30.6 Å². The number of benzene rings is 7. The molecule has 5 aromatic heterocycles. The molecule has 0 fully saturated rings. The molecule has 0 bridgehead atoms. The molecule has 0 aliphatic heterocycles. The van der Waals surface area contributed by atoms with Crippen molar-refractivity contribution in [3.8, 4) is 28.3 Å². The maximum absolute atomic E-state index is 15.4. The molecule has 7 aromatic carbocycles. The molecule has 5 nitrogen and oxygen atoms in total. The van der Waals surface area contributed by atoms with Crippen LogP contribution in [0.2, 0.25) is 17.3 Å². The van der Waals surface area contributed by atoms with Gasteiger partial charge in [0.2, 0.25) is 0 Å². The van der Waals surface area contributed by atoms with E-state index in [1.165, 1.54) is 17.4 Å². The first-order chi connectivity index (χ1) is 31.9. The van der Waals surface area contributed by atoms with E-state index in [4.69, 9.17) is 17.1 Å². The van der Waals surface area contributed by atoms with Crippen molar-refractivity contribution in [1.82, 2.24) is 19.5 Å². The van der Waals surface area contributed by atoms with Crippen LogP contribution in [-0.2, 0) is 26.5 Å². The third-order valence-corrected chi connectivity index (χ3v) is 17.0. The van der Waals surface area contributed by atoms with Crippen LogP contribution < -0.4 is 4.40 Å². The van der Waals surface area contributed by atoms with Gasteiger partial charge in [-0.15, -0.1) is 12.1 Å². The normalized spacial score (nSPS) is 12.4. The van der Waals surface area contributed by atoms with E-state index in [-0.39, 0.29) is 25.9 Å². The van der Waals surface area contributed by atoms with Gasteiger partial charge in [-0.3, -0.25) is 9.37 Å². The van der Waals surface area contributed by atoms with Crippen LogP contribution in [0.25, 0.3) is 92.4 Å². The fourth-order valence-electron chi connectivity index (χ4n) is 8.54. The molecule has 0 spiro atoms. The van der Waals surface area contributed by atoms with Gasteiger partial charge in [-0.1, -0.05) is 66.2 Å². The summed E-state index contributed by atoms with van der Waals surface area (Å²) in [5.41, 5.74) is 8.95. The predicted molar refractivity (Wildman–Crippen MR) is 266 cm³/mol. The molecular weight excluding hydrogens is 1060 g/mol. The first kappa shape index (κ1) is 40.2. The fraction of sp³-hybridized carbons (Fsp3) is 0.0893. The second-order valence-electron chi connectivity index (χ2n) is 17.0. The van der Waals surface area contributed by atoms with Gasteiger partial charge in [0.1, 0.15) is 10.4 Å². The van der Waals surface area contributed by atoms with E-state index >= 15 is 4.39 Å². The number of imidazole rings is 1. The summed E-state index contributed by atoms with van der Waals surface area (Å²) in [7, 11) is 0. The maximum Gasteiger partial charge on any atom is 0 e. The van der Waals surface area contributed by atoms with Crippen molar-refractivity contribution in [2.75, 3.05) is 0 Å². The van der Waals surface area contributed by atoms with Gasteiger partial charge in [0.15, 0.2) is 5.58 Å².